The Morgan fingerprint density at radius 3 is 2.61 bits per heavy atom. The van der Waals surface area contributed by atoms with Gasteiger partial charge in [-0.05, 0) is 41.5 Å². The Morgan fingerprint density at radius 2 is 2.04 bits per heavy atom. The summed E-state index contributed by atoms with van der Waals surface area (Å²) in [6.45, 7) is 1.56. The molecule has 9 heteroatoms. The Labute approximate surface area is 131 Å². The molecular weight excluding hydrogens is 305 g/mol. The van der Waals surface area contributed by atoms with Gasteiger partial charge in [0, 0.05) is 6.54 Å². The van der Waals surface area contributed by atoms with Gasteiger partial charge in [-0.3, -0.25) is 9.59 Å². The summed E-state index contributed by atoms with van der Waals surface area (Å²) in [5.74, 6) is -2.62. The van der Waals surface area contributed by atoms with Crippen molar-refractivity contribution in [2.45, 2.75) is 19.4 Å². The van der Waals surface area contributed by atoms with Crippen LogP contribution in [0.25, 0.3) is 0 Å². The maximum atomic E-state index is 12.9. The van der Waals surface area contributed by atoms with Crippen molar-refractivity contribution in [2.24, 2.45) is 5.92 Å². The number of aromatic nitrogens is 4. The fourth-order valence-electron chi connectivity index (χ4n) is 1.99. The number of hydrogen-bond acceptors (Lipinski definition) is 5. The molecule has 1 amide bonds. The summed E-state index contributed by atoms with van der Waals surface area (Å²) in [5, 5.41) is 22.3. The molecule has 2 rings (SSSR count). The van der Waals surface area contributed by atoms with Crippen LogP contribution in [0, 0.1) is 11.7 Å². The lowest BCUT2D eigenvalue weighted by atomic mass is 9.99. The molecule has 23 heavy (non-hydrogen) atoms. The van der Waals surface area contributed by atoms with Crippen LogP contribution >= 0.6 is 0 Å². The minimum absolute atomic E-state index is 0.0436. The van der Waals surface area contributed by atoms with Crippen LogP contribution < -0.4 is 5.32 Å². The van der Waals surface area contributed by atoms with Gasteiger partial charge in [-0.2, -0.15) is 0 Å². The first-order valence-electron chi connectivity index (χ1n) is 6.95. The van der Waals surface area contributed by atoms with E-state index in [-0.39, 0.29) is 24.7 Å². The fraction of sp³-hybridized carbons (Fsp3) is 0.357. The van der Waals surface area contributed by atoms with E-state index in [0.29, 0.717) is 5.56 Å². The molecular formula is C14H16FN5O3. The second-order valence-corrected chi connectivity index (χ2v) is 5.08. The van der Waals surface area contributed by atoms with E-state index in [1.54, 1.807) is 6.92 Å². The van der Waals surface area contributed by atoms with Crippen molar-refractivity contribution in [3.05, 3.63) is 42.0 Å². The molecule has 8 nitrogen and oxygen atoms in total. The molecule has 0 spiro atoms. The Morgan fingerprint density at radius 1 is 1.35 bits per heavy atom. The van der Waals surface area contributed by atoms with E-state index >= 15 is 0 Å². The van der Waals surface area contributed by atoms with Gasteiger partial charge in [0.2, 0.25) is 5.91 Å². The smallest absolute Gasteiger partial charge is 0.308 e. The molecule has 2 aromatic rings. The van der Waals surface area contributed by atoms with Crippen molar-refractivity contribution < 1.29 is 19.1 Å². The number of tetrazole rings is 1. The van der Waals surface area contributed by atoms with Crippen molar-refractivity contribution in [2.75, 3.05) is 6.54 Å². The van der Waals surface area contributed by atoms with Crippen LogP contribution in [0.2, 0.25) is 0 Å². The minimum atomic E-state index is -1.04. The largest absolute Gasteiger partial charge is 0.481 e. The Balaban J connectivity index is 1.93. The van der Waals surface area contributed by atoms with Gasteiger partial charge in [0.25, 0.3) is 0 Å². The van der Waals surface area contributed by atoms with Crippen LogP contribution in [0.3, 0.4) is 0 Å². The number of benzene rings is 1. The summed E-state index contributed by atoms with van der Waals surface area (Å²) in [7, 11) is 0. The Kier molecular flexibility index (Phi) is 5.34. The molecule has 2 atom stereocenters. The second kappa shape index (κ2) is 7.43. The lowest BCUT2D eigenvalue weighted by Gasteiger charge is -2.16. The van der Waals surface area contributed by atoms with Crippen LogP contribution in [0.15, 0.2) is 30.6 Å². The van der Waals surface area contributed by atoms with Gasteiger partial charge in [0.05, 0.1) is 5.92 Å². The fourth-order valence-corrected chi connectivity index (χ4v) is 1.99. The van der Waals surface area contributed by atoms with Gasteiger partial charge in [0.15, 0.2) is 0 Å². The van der Waals surface area contributed by atoms with Crippen LogP contribution in [-0.4, -0.2) is 43.7 Å². The number of nitrogens with one attached hydrogen (secondary N) is 1. The highest BCUT2D eigenvalue weighted by molar-refractivity contribution is 5.80. The topological polar surface area (TPSA) is 110 Å². The molecule has 0 bridgehead atoms. The van der Waals surface area contributed by atoms with Crippen LogP contribution in [0.5, 0.6) is 0 Å². The molecule has 2 N–H and O–H groups in total. The van der Waals surface area contributed by atoms with E-state index in [1.807, 2.05) is 0 Å². The first-order valence-corrected chi connectivity index (χ1v) is 6.95. The van der Waals surface area contributed by atoms with Gasteiger partial charge < -0.3 is 10.4 Å². The molecule has 0 aliphatic heterocycles. The Hall–Kier alpha value is -2.84. The quantitative estimate of drug-likeness (QED) is 0.765. The maximum absolute atomic E-state index is 12.9. The molecule has 122 valence electrons. The number of aliphatic carboxylic acids is 1. The van der Waals surface area contributed by atoms with E-state index < -0.39 is 17.9 Å². The van der Waals surface area contributed by atoms with Crippen LogP contribution in [0.1, 0.15) is 18.5 Å². The van der Waals surface area contributed by atoms with Crippen molar-refractivity contribution in [1.82, 2.24) is 25.5 Å². The van der Waals surface area contributed by atoms with E-state index in [4.69, 9.17) is 0 Å². The van der Waals surface area contributed by atoms with Gasteiger partial charge in [-0.25, -0.2) is 9.07 Å². The zero-order valence-corrected chi connectivity index (χ0v) is 12.4. The molecule has 1 heterocycles. The average molecular weight is 321 g/mol. The number of carbonyl (C=O) groups is 2. The first-order chi connectivity index (χ1) is 11.0. The number of nitrogens with zero attached hydrogens (tertiary/aromatic N) is 4. The van der Waals surface area contributed by atoms with E-state index in [2.05, 4.69) is 20.8 Å². The molecule has 1 aromatic heterocycles. The highest BCUT2D eigenvalue weighted by Crippen LogP contribution is 2.11. The van der Waals surface area contributed by atoms with Crippen molar-refractivity contribution >= 4 is 11.9 Å². The summed E-state index contributed by atoms with van der Waals surface area (Å²) in [4.78, 5) is 23.3. The van der Waals surface area contributed by atoms with E-state index in [1.165, 1.54) is 35.3 Å². The predicted molar refractivity (Wildman–Crippen MR) is 76.8 cm³/mol. The monoisotopic (exact) mass is 321 g/mol. The lowest BCUT2D eigenvalue weighted by molar-refractivity contribution is -0.141. The first kappa shape index (κ1) is 16.5. The van der Waals surface area contributed by atoms with Gasteiger partial charge >= 0.3 is 5.97 Å². The molecule has 1 aromatic carbocycles. The maximum Gasteiger partial charge on any atom is 0.308 e. The van der Waals surface area contributed by atoms with Crippen molar-refractivity contribution in [3.63, 3.8) is 0 Å². The SMILES string of the molecule is C[C@@H](C(=O)NCC(Cc1ccc(F)cc1)C(=O)O)n1cnnn1. The standard InChI is InChI=1S/C14H16FN5O3/c1-9(20-8-17-18-19-20)13(21)16-7-11(14(22)23)6-10-2-4-12(15)5-3-10/h2-5,8-9,11H,6-7H2,1H3,(H,16,21)(H,22,23)/t9-,11?/m0/s1. The zero-order valence-electron chi connectivity index (χ0n) is 12.4. The van der Waals surface area contributed by atoms with Crippen molar-refractivity contribution in [1.29, 1.82) is 0 Å². The molecule has 0 radical (unpaired) electrons. The number of halogens is 1. The van der Waals surface area contributed by atoms with Gasteiger partial charge in [0.1, 0.15) is 18.2 Å². The lowest BCUT2D eigenvalue weighted by Crippen LogP contribution is -2.37. The third-order valence-electron chi connectivity index (χ3n) is 3.41. The molecule has 0 saturated heterocycles. The van der Waals surface area contributed by atoms with Crippen LogP contribution in [0.4, 0.5) is 4.39 Å². The highest BCUT2D eigenvalue weighted by Gasteiger charge is 2.22. The third-order valence-corrected chi connectivity index (χ3v) is 3.41. The van der Waals surface area contributed by atoms with E-state index in [0.717, 1.165) is 0 Å². The third kappa shape index (κ3) is 4.56. The number of carbonyl (C=O) groups excluding carboxylic acids is 1. The predicted octanol–water partition coefficient (Wildman–Crippen LogP) is 0.433. The van der Waals surface area contributed by atoms with Gasteiger partial charge in [-0.15, -0.1) is 5.10 Å². The normalized spacial score (nSPS) is 13.3. The average Bonchev–Trinajstić information content (AvgIpc) is 3.06. The molecule has 0 aliphatic rings. The summed E-state index contributed by atoms with van der Waals surface area (Å²) in [6, 6.07) is 4.94. The summed E-state index contributed by atoms with van der Waals surface area (Å²) in [6.07, 6.45) is 1.49. The number of carboxylic acid groups (broad SMARTS) is 1. The number of hydrogen-bond donors (Lipinski definition) is 2. The summed E-state index contributed by atoms with van der Waals surface area (Å²) >= 11 is 0. The summed E-state index contributed by atoms with van der Waals surface area (Å²) in [5.41, 5.74) is 0.682. The number of rotatable bonds is 7. The minimum Gasteiger partial charge on any atom is -0.481 e. The second-order valence-electron chi connectivity index (χ2n) is 5.08. The highest BCUT2D eigenvalue weighted by atomic mass is 19.1. The van der Waals surface area contributed by atoms with Crippen LogP contribution in [-0.2, 0) is 16.0 Å². The number of amides is 1. The molecule has 0 saturated carbocycles. The van der Waals surface area contributed by atoms with Crippen molar-refractivity contribution in [3.8, 4) is 0 Å². The molecule has 1 unspecified atom stereocenters. The number of carboxylic acids is 1. The van der Waals surface area contributed by atoms with E-state index in [9.17, 15) is 19.1 Å². The Bertz CT molecular complexity index is 660. The van der Waals surface area contributed by atoms with Gasteiger partial charge in [-0.1, -0.05) is 12.1 Å². The zero-order chi connectivity index (χ0) is 16.8. The summed E-state index contributed by atoms with van der Waals surface area (Å²) < 4.78 is 14.1. The molecule has 0 fully saturated rings. The molecule has 0 aliphatic carbocycles.